The van der Waals surface area contributed by atoms with E-state index in [1.807, 2.05) is 0 Å². The first-order valence-electron chi connectivity index (χ1n) is 7.27. The van der Waals surface area contributed by atoms with Gasteiger partial charge in [0.25, 0.3) is 11.8 Å². The number of carboxylic acid groups (broad SMARTS) is 1. The van der Waals surface area contributed by atoms with E-state index in [1.165, 1.54) is 19.2 Å². The lowest BCUT2D eigenvalue weighted by Crippen LogP contribution is -2.35. The third-order valence-corrected chi connectivity index (χ3v) is 3.70. The molecule has 0 radical (unpaired) electrons. The number of allylic oxidation sites excluding steroid dienone is 1. The van der Waals surface area contributed by atoms with E-state index in [4.69, 9.17) is 5.11 Å². The van der Waals surface area contributed by atoms with Gasteiger partial charge in [0.15, 0.2) is 11.9 Å². The first kappa shape index (κ1) is 17.7. The SMILES string of the molecule is CNC(C(=O)O)C(F)=C(F)CCCN1C(=O)c2ccccc2C1=O. The minimum atomic E-state index is -1.76. The van der Waals surface area contributed by atoms with Crippen LogP contribution in [0.3, 0.4) is 0 Å². The zero-order valence-electron chi connectivity index (χ0n) is 12.9. The summed E-state index contributed by atoms with van der Waals surface area (Å²) in [6.45, 7) is -0.0790. The van der Waals surface area contributed by atoms with Crippen LogP contribution in [0.1, 0.15) is 33.6 Å². The zero-order chi connectivity index (χ0) is 17.9. The van der Waals surface area contributed by atoms with Crippen LogP contribution in [-0.4, -0.2) is 47.4 Å². The van der Waals surface area contributed by atoms with E-state index in [-0.39, 0.29) is 24.1 Å². The van der Waals surface area contributed by atoms with Crippen LogP contribution >= 0.6 is 0 Å². The first-order chi connectivity index (χ1) is 11.4. The van der Waals surface area contributed by atoms with Gasteiger partial charge >= 0.3 is 5.97 Å². The van der Waals surface area contributed by atoms with Crippen molar-refractivity contribution in [2.24, 2.45) is 0 Å². The van der Waals surface area contributed by atoms with Crippen LogP contribution in [0.25, 0.3) is 0 Å². The Kier molecular flexibility index (Phi) is 5.40. The molecule has 1 heterocycles. The van der Waals surface area contributed by atoms with E-state index in [9.17, 15) is 23.2 Å². The van der Waals surface area contributed by atoms with Gasteiger partial charge in [0.2, 0.25) is 0 Å². The molecule has 2 rings (SSSR count). The highest BCUT2D eigenvalue weighted by Gasteiger charge is 2.34. The summed E-state index contributed by atoms with van der Waals surface area (Å²) < 4.78 is 27.4. The van der Waals surface area contributed by atoms with Gasteiger partial charge in [0.1, 0.15) is 5.83 Å². The molecule has 1 unspecified atom stereocenters. The molecule has 1 aromatic rings. The van der Waals surface area contributed by atoms with Crippen molar-refractivity contribution in [2.45, 2.75) is 18.9 Å². The van der Waals surface area contributed by atoms with Crippen LogP contribution in [0, 0.1) is 0 Å². The average Bonchev–Trinajstić information content (AvgIpc) is 2.80. The molecule has 0 saturated heterocycles. The van der Waals surface area contributed by atoms with E-state index < -0.39 is 41.9 Å². The molecule has 0 spiro atoms. The molecule has 1 atom stereocenters. The van der Waals surface area contributed by atoms with Gasteiger partial charge < -0.3 is 10.4 Å². The largest absolute Gasteiger partial charge is 0.480 e. The number of nitrogens with zero attached hydrogens (tertiary/aromatic N) is 1. The van der Waals surface area contributed by atoms with Crippen molar-refractivity contribution in [1.29, 1.82) is 0 Å². The number of imide groups is 1. The van der Waals surface area contributed by atoms with E-state index >= 15 is 0 Å². The molecule has 6 nitrogen and oxygen atoms in total. The van der Waals surface area contributed by atoms with Crippen LogP contribution in [0.5, 0.6) is 0 Å². The fourth-order valence-electron chi connectivity index (χ4n) is 2.47. The normalized spacial score (nSPS) is 16.0. The monoisotopic (exact) mass is 338 g/mol. The highest BCUT2D eigenvalue weighted by Crippen LogP contribution is 2.24. The summed E-state index contributed by atoms with van der Waals surface area (Å²) >= 11 is 0. The number of benzene rings is 1. The van der Waals surface area contributed by atoms with Gasteiger partial charge in [-0.15, -0.1) is 0 Å². The van der Waals surface area contributed by atoms with Crippen molar-refractivity contribution in [3.8, 4) is 0 Å². The molecular formula is C16H16F2N2O4. The Labute approximate surface area is 136 Å². The number of carbonyl (C=O) groups is 3. The summed E-state index contributed by atoms with van der Waals surface area (Å²) in [4.78, 5) is 35.9. The van der Waals surface area contributed by atoms with Gasteiger partial charge in [0, 0.05) is 13.0 Å². The molecule has 1 aliphatic rings. The topological polar surface area (TPSA) is 86.7 Å². The number of carboxylic acids is 1. The Bertz CT molecular complexity index is 683. The van der Waals surface area contributed by atoms with E-state index in [0.29, 0.717) is 0 Å². The summed E-state index contributed by atoms with van der Waals surface area (Å²) in [7, 11) is 1.20. The molecule has 24 heavy (non-hydrogen) atoms. The van der Waals surface area contributed by atoms with E-state index in [2.05, 4.69) is 5.32 Å². The van der Waals surface area contributed by atoms with Crippen molar-refractivity contribution < 1.29 is 28.3 Å². The lowest BCUT2D eigenvalue weighted by Gasteiger charge is -2.14. The van der Waals surface area contributed by atoms with Crippen LogP contribution in [0.15, 0.2) is 35.9 Å². The number of carbonyl (C=O) groups excluding carboxylic acids is 2. The minimum absolute atomic E-state index is 0.0131. The van der Waals surface area contributed by atoms with Gasteiger partial charge in [0.05, 0.1) is 11.1 Å². The molecule has 128 valence electrons. The molecule has 8 heteroatoms. The van der Waals surface area contributed by atoms with Crippen LogP contribution in [0.2, 0.25) is 0 Å². The molecule has 0 aromatic heterocycles. The minimum Gasteiger partial charge on any atom is -0.480 e. The molecule has 2 amide bonds. The fourth-order valence-corrected chi connectivity index (χ4v) is 2.47. The second-order valence-electron chi connectivity index (χ2n) is 5.22. The van der Waals surface area contributed by atoms with Gasteiger partial charge in [-0.05, 0) is 25.6 Å². The summed E-state index contributed by atoms with van der Waals surface area (Å²) in [5.41, 5.74) is 0.566. The van der Waals surface area contributed by atoms with Crippen LogP contribution < -0.4 is 5.32 Å². The van der Waals surface area contributed by atoms with Gasteiger partial charge in [-0.2, -0.15) is 0 Å². The fraction of sp³-hybridized carbons (Fsp3) is 0.312. The van der Waals surface area contributed by atoms with Gasteiger partial charge in [-0.25, -0.2) is 8.78 Å². The Morgan fingerprint density at radius 1 is 1.21 bits per heavy atom. The Morgan fingerprint density at radius 2 is 1.75 bits per heavy atom. The lowest BCUT2D eigenvalue weighted by atomic mass is 10.1. The summed E-state index contributed by atoms with van der Waals surface area (Å²) in [6, 6.07) is 4.56. The third kappa shape index (κ3) is 3.33. The highest BCUT2D eigenvalue weighted by atomic mass is 19.2. The predicted octanol–water partition coefficient (Wildman–Crippen LogP) is 1.89. The molecule has 0 saturated carbocycles. The van der Waals surface area contributed by atoms with Crippen molar-refractivity contribution in [3.05, 3.63) is 47.0 Å². The van der Waals surface area contributed by atoms with E-state index in [1.54, 1.807) is 12.1 Å². The highest BCUT2D eigenvalue weighted by molar-refractivity contribution is 6.21. The van der Waals surface area contributed by atoms with Crippen LogP contribution in [0.4, 0.5) is 8.78 Å². The number of hydrogen-bond acceptors (Lipinski definition) is 4. The maximum atomic E-state index is 13.7. The Morgan fingerprint density at radius 3 is 2.21 bits per heavy atom. The third-order valence-electron chi connectivity index (χ3n) is 3.70. The number of halogens is 2. The second-order valence-corrected chi connectivity index (χ2v) is 5.22. The average molecular weight is 338 g/mol. The molecule has 1 aromatic carbocycles. The molecule has 2 N–H and O–H groups in total. The lowest BCUT2D eigenvalue weighted by molar-refractivity contribution is -0.138. The number of aliphatic carboxylic acids is 1. The Balaban J connectivity index is 1.99. The number of rotatable bonds is 7. The smallest absolute Gasteiger partial charge is 0.327 e. The molecule has 0 aliphatic carbocycles. The van der Waals surface area contributed by atoms with Crippen molar-refractivity contribution in [3.63, 3.8) is 0 Å². The second kappa shape index (κ2) is 7.31. The summed E-state index contributed by atoms with van der Waals surface area (Å²) in [6.07, 6.45) is -0.425. The van der Waals surface area contributed by atoms with E-state index in [0.717, 1.165) is 4.90 Å². The summed E-state index contributed by atoms with van der Waals surface area (Å²) in [5.74, 6) is -5.11. The maximum Gasteiger partial charge on any atom is 0.327 e. The molecule has 1 aliphatic heterocycles. The quantitative estimate of drug-likeness (QED) is 0.742. The number of fused-ring (bicyclic) bond motifs is 1. The zero-order valence-corrected chi connectivity index (χ0v) is 12.9. The van der Waals surface area contributed by atoms with Gasteiger partial charge in [-0.3, -0.25) is 19.3 Å². The number of hydrogen-bond donors (Lipinski definition) is 2. The maximum absolute atomic E-state index is 13.7. The number of likely N-dealkylation sites (N-methyl/N-ethyl adjacent to an activating group) is 1. The summed E-state index contributed by atoms with van der Waals surface area (Å²) in [5, 5.41) is 10.9. The van der Waals surface area contributed by atoms with Crippen molar-refractivity contribution in [1.82, 2.24) is 10.2 Å². The molecule has 0 bridgehead atoms. The standard InChI is InChI=1S/C16H16F2N2O4/c1-19-13(16(23)24)12(18)11(17)7-4-8-20-14(21)9-5-2-3-6-10(9)15(20)22/h2-3,5-6,13,19H,4,7-8H2,1H3,(H,23,24). The van der Waals surface area contributed by atoms with Crippen molar-refractivity contribution >= 4 is 17.8 Å². The molecule has 0 fully saturated rings. The predicted molar refractivity (Wildman–Crippen MR) is 80.8 cm³/mol. The Hall–Kier alpha value is -2.61. The van der Waals surface area contributed by atoms with Crippen LogP contribution in [-0.2, 0) is 4.79 Å². The van der Waals surface area contributed by atoms with Gasteiger partial charge in [-0.1, -0.05) is 12.1 Å². The number of nitrogens with one attached hydrogen (secondary N) is 1. The van der Waals surface area contributed by atoms with Crippen molar-refractivity contribution in [2.75, 3.05) is 13.6 Å². The number of amides is 2. The molecular weight excluding hydrogens is 322 g/mol. The first-order valence-corrected chi connectivity index (χ1v) is 7.27.